The minimum atomic E-state index is -0.104. The van der Waals surface area contributed by atoms with Gasteiger partial charge in [-0.2, -0.15) is 0 Å². The van der Waals surface area contributed by atoms with Gasteiger partial charge in [-0.05, 0) is 110 Å². The SMILES string of the molecule is CC1(C)c2ccccc2-c2ccc(N(c3ccc4c(c3)c3ccccc3n4-c3ccc(-c4ccc5ccccc5c4)cc3)c3cccc4ccccc34)cc21. The van der Waals surface area contributed by atoms with Crippen molar-refractivity contribution in [1.82, 2.24) is 4.57 Å². The van der Waals surface area contributed by atoms with Crippen molar-refractivity contribution >= 4 is 60.4 Å². The Morgan fingerprint density at radius 2 is 1.04 bits per heavy atom. The molecule has 1 aromatic heterocycles. The van der Waals surface area contributed by atoms with Crippen molar-refractivity contribution in [3.05, 3.63) is 205 Å². The van der Waals surface area contributed by atoms with E-state index in [1.54, 1.807) is 0 Å². The van der Waals surface area contributed by atoms with Crippen LogP contribution in [0.15, 0.2) is 194 Å². The second-order valence-electron chi connectivity index (χ2n) is 15.4. The first-order valence-electron chi connectivity index (χ1n) is 19.2. The zero-order valence-electron chi connectivity index (χ0n) is 30.9. The Labute approximate surface area is 321 Å². The van der Waals surface area contributed by atoms with Crippen molar-refractivity contribution in [1.29, 1.82) is 0 Å². The smallest absolute Gasteiger partial charge is 0.0542 e. The molecule has 0 N–H and O–H groups in total. The molecule has 0 unspecified atom stereocenters. The van der Waals surface area contributed by atoms with Crippen LogP contribution in [-0.2, 0) is 5.41 Å². The number of hydrogen-bond acceptors (Lipinski definition) is 1. The number of para-hydroxylation sites is 1. The molecule has 0 spiro atoms. The lowest BCUT2D eigenvalue weighted by Gasteiger charge is -2.29. The molecule has 0 atom stereocenters. The fourth-order valence-electron chi connectivity index (χ4n) is 9.21. The Hall–Kier alpha value is -6.90. The molecule has 1 heterocycles. The summed E-state index contributed by atoms with van der Waals surface area (Å²) in [5.74, 6) is 0. The average molecular weight is 703 g/mol. The molecule has 0 saturated carbocycles. The van der Waals surface area contributed by atoms with Crippen LogP contribution < -0.4 is 4.90 Å². The van der Waals surface area contributed by atoms with E-state index in [0.29, 0.717) is 0 Å². The quantitative estimate of drug-likeness (QED) is 0.173. The van der Waals surface area contributed by atoms with Gasteiger partial charge < -0.3 is 9.47 Å². The summed E-state index contributed by atoms with van der Waals surface area (Å²) in [6, 6.07) is 71.5. The van der Waals surface area contributed by atoms with E-state index in [1.807, 2.05) is 0 Å². The topological polar surface area (TPSA) is 8.17 Å². The van der Waals surface area contributed by atoms with Crippen molar-refractivity contribution in [3.63, 3.8) is 0 Å². The molecule has 1 aliphatic rings. The van der Waals surface area contributed by atoms with Gasteiger partial charge in [-0.25, -0.2) is 0 Å². The lowest BCUT2D eigenvalue weighted by atomic mass is 9.82. The van der Waals surface area contributed by atoms with Gasteiger partial charge in [-0.1, -0.05) is 147 Å². The molecule has 2 nitrogen and oxygen atoms in total. The van der Waals surface area contributed by atoms with Gasteiger partial charge in [0.2, 0.25) is 0 Å². The second-order valence-corrected chi connectivity index (χ2v) is 15.4. The number of fused-ring (bicyclic) bond motifs is 8. The Kier molecular flexibility index (Phi) is 6.93. The molecule has 55 heavy (non-hydrogen) atoms. The number of hydrogen-bond donors (Lipinski definition) is 0. The minimum Gasteiger partial charge on any atom is -0.310 e. The fourth-order valence-corrected chi connectivity index (χ4v) is 9.21. The molecule has 0 bridgehead atoms. The number of benzene rings is 9. The molecule has 0 amide bonds. The third kappa shape index (κ3) is 4.88. The van der Waals surface area contributed by atoms with Crippen LogP contribution in [0, 0.1) is 0 Å². The molecular formula is C53H38N2. The van der Waals surface area contributed by atoms with Crippen LogP contribution in [0.2, 0.25) is 0 Å². The van der Waals surface area contributed by atoms with E-state index >= 15 is 0 Å². The molecule has 10 aromatic rings. The van der Waals surface area contributed by atoms with Gasteiger partial charge in [-0.15, -0.1) is 0 Å². The maximum Gasteiger partial charge on any atom is 0.0542 e. The van der Waals surface area contributed by atoms with Crippen LogP contribution in [0.3, 0.4) is 0 Å². The maximum absolute atomic E-state index is 2.46. The van der Waals surface area contributed by atoms with E-state index in [-0.39, 0.29) is 5.41 Å². The first-order valence-corrected chi connectivity index (χ1v) is 19.2. The molecule has 0 fully saturated rings. The minimum absolute atomic E-state index is 0.104. The van der Waals surface area contributed by atoms with Crippen LogP contribution in [0.5, 0.6) is 0 Å². The highest BCUT2D eigenvalue weighted by Crippen LogP contribution is 2.51. The third-order valence-electron chi connectivity index (χ3n) is 12.0. The van der Waals surface area contributed by atoms with Gasteiger partial charge in [0.15, 0.2) is 0 Å². The van der Waals surface area contributed by atoms with Gasteiger partial charge in [0, 0.05) is 38.6 Å². The number of rotatable bonds is 5. The standard InChI is InChI=1S/C53H38N2/c1-53(2)48-19-9-7-17-44(48)45-30-28-42(34-49(45)53)54(50-21-11-15-37-13-5-6-16-43(37)50)41-29-31-52-47(33-41)46-18-8-10-20-51(46)55(52)40-26-24-36(25-27-40)39-23-22-35-12-3-4-14-38(35)32-39/h3-34H,1-2H3. The normalized spacial score (nSPS) is 13.1. The van der Waals surface area contributed by atoms with Crippen LogP contribution in [0.1, 0.15) is 25.0 Å². The summed E-state index contributed by atoms with van der Waals surface area (Å²) in [5.41, 5.74) is 14.7. The van der Waals surface area contributed by atoms with Gasteiger partial charge in [-0.3, -0.25) is 0 Å². The Morgan fingerprint density at radius 3 is 1.91 bits per heavy atom. The molecule has 0 aliphatic heterocycles. The largest absolute Gasteiger partial charge is 0.310 e. The van der Waals surface area contributed by atoms with Crippen molar-refractivity contribution < 1.29 is 0 Å². The summed E-state index contributed by atoms with van der Waals surface area (Å²) in [5, 5.41) is 7.43. The Balaban J connectivity index is 1.08. The monoisotopic (exact) mass is 702 g/mol. The number of aromatic nitrogens is 1. The third-order valence-corrected chi connectivity index (χ3v) is 12.0. The lowest BCUT2D eigenvalue weighted by Crippen LogP contribution is -2.16. The second kappa shape index (κ2) is 12.1. The predicted molar refractivity (Wildman–Crippen MR) is 233 cm³/mol. The van der Waals surface area contributed by atoms with Gasteiger partial charge in [0.1, 0.15) is 0 Å². The van der Waals surface area contributed by atoms with Gasteiger partial charge >= 0.3 is 0 Å². The van der Waals surface area contributed by atoms with E-state index in [9.17, 15) is 0 Å². The summed E-state index contributed by atoms with van der Waals surface area (Å²) in [6.07, 6.45) is 0. The van der Waals surface area contributed by atoms with E-state index in [1.165, 1.54) is 82.4 Å². The number of anilines is 3. The fraction of sp³-hybridized carbons (Fsp3) is 0.0566. The number of nitrogens with zero attached hydrogens (tertiary/aromatic N) is 2. The zero-order chi connectivity index (χ0) is 36.7. The molecule has 11 rings (SSSR count). The van der Waals surface area contributed by atoms with Gasteiger partial charge in [0.25, 0.3) is 0 Å². The van der Waals surface area contributed by atoms with Crippen molar-refractivity contribution in [3.8, 4) is 27.9 Å². The van der Waals surface area contributed by atoms with Crippen LogP contribution in [0.4, 0.5) is 17.1 Å². The molecule has 260 valence electrons. The predicted octanol–water partition coefficient (Wildman–Crippen LogP) is 14.5. The molecule has 9 aromatic carbocycles. The molecular weight excluding hydrogens is 665 g/mol. The van der Waals surface area contributed by atoms with E-state index in [2.05, 4.69) is 217 Å². The summed E-state index contributed by atoms with van der Waals surface area (Å²) >= 11 is 0. The summed E-state index contributed by atoms with van der Waals surface area (Å²) in [7, 11) is 0. The van der Waals surface area contributed by atoms with Crippen LogP contribution >= 0.6 is 0 Å². The van der Waals surface area contributed by atoms with Crippen LogP contribution in [-0.4, -0.2) is 4.57 Å². The van der Waals surface area contributed by atoms with Crippen molar-refractivity contribution in [2.75, 3.05) is 4.90 Å². The highest BCUT2D eigenvalue weighted by Gasteiger charge is 2.36. The Morgan fingerprint density at radius 1 is 0.400 bits per heavy atom. The van der Waals surface area contributed by atoms with Gasteiger partial charge in [0.05, 0.1) is 16.7 Å². The zero-order valence-corrected chi connectivity index (χ0v) is 30.9. The molecule has 0 saturated heterocycles. The van der Waals surface area contributed by atoms with Crippen molar-refractivity contribution in [2.45, 2.75) is 19.3 Å². The Bertz CT molecular complexity index is 3120. The molecule has 2 heteroatoms. The van der Waals surface area contributed by atoms with Crippen LogP contribution in [0.25, 0.3) is 71.3 Å². The van der Waals surface area contributed by atoms with E-state index < -0.39 is 0 Å². The summed E-state index contributed by atoms with van der Waals surface area (Å²) in [6.45, 7) is 4.72. The molecule has 0 radical (unpaired) electrons. The molecule has 1 aliphatic carbocycles. The van der Waals surface area contributed by atoms with E-state index in [0.717, 1.165) is 17.1 Å². The van der Waals surface area contributed by atoms with E-state index in [4.69, 9.17) is 0 Å². The highest BCUT2D eigenvalue weighted by molar-refractivity contribution is 6.11. The first kappa shape index (κ1) is 31.6. The average Bonchev–Trinajstić information content (AvgIpc) is 3.69. The maximum atomic E-state index is 2.46. The summed E-state index contributed by atoms with van der Waals surface area (Å²) in [4.78, 5) is 2.46. The summed E-state index contributed by atoms with van der Waals surface area (Å²) < 4.78 is 2.41. The van der Waals surface area contributed by atoms with Crippen molar-refractivity contribution in [2.24, 2.45) is 0 Å². The first-order chi connectivity index (χ1) is 27.0. The highest BCUT2D eigenvalue weighted by atomic mass is 15.1. The lowest BCUT2D eigenvalue weighted by molar-refractivity contribution is 0.660.